The standard InChI is InChI=1S/C22H31N3O2/c1-14(15-6-3-2-4-7-15)25-13-18(12-20(25)26)22(27)24-21-16-8-5-9-17(21)11-19(23)10-16/h2-4,6-7,14,16-19,21H,5,8-13,23H2,1H3,(H,24,27). The summed E-state index contributed by atoms with van der Waals surface area (Å²) >= 11 is 0. The van der Waals surface area contributed by atoms with Crippen LogP contribution in [0.1, 0.15) is 57.1 Å². The van der Waals surface area contributed by atoms with Crippen molar-refractivity contribution in [3.8, 4) is 0 Å². The number of carbonyl (C=O) groups is 2. The summed E-state index contributed by atoms with van der Waals surface area (Å²) in [5, 5.41) is 3.33. The highest BCUT2D eigenvalue weighted by atomic mass is 16.2. The zero-order chi connectivity index (χ0) is 19.0. The highest BCUT2D eigenvalue weighted by Gasteiger charge is 2.42. The molecule has 27 heavy (non-hydrogen) atoms. The van der Waals surface area contributed by atoms with Crippen LogP contribution in [-0.2, 0) is 9.59 Å². The first-order valence-corrected chi connectivity index (χ1v) is 10.4. The number of likely N-dealkylation sites (tertiary alicyclic amines) is 1. The molecule has 0 aromatic heterocycles. The number of nitrogens with one attached hydrogen (secondary N) is 1. The zero-order valence-electron chi connectivity index (χ0n) is 16.1. The van der Waals surface area contributed by atoms with Gasteiger partial charge in [-0.05, 0) is 50.0 Å². The Morgan fingerprint density at radius 1 is 1.19 bits per heavy atom. The largest absolute Gasteiger partial charge is 0.353 e. The Kier molecular flexibility index (Phi) is 5.22. The van der Waals surface area contributed by atoms with Crippen molar-refractivity contribution in [2.75, 3.05) is 6.54 Å². The third-order valence-electron chi connectivity index (χ3n) is 6.96. The minimum atomic E-state index is -0.236. The van der Waals surface area contributed by atoms with Crippen LogP contribution in [0, 0.1) is 17.8 Å². The molecule has 1 heterocycles. The quantitative estimate of drug-likeness (QED) is 0.857. The van der Waals surface area contributed by atoms with Gasteiger partial charge in [0, 0.05) is 25.0 Å². The first-order chi connectivity index (χ1) is 13.0. The first-order valence-electron chi connectivity index (χ1n) is 10.4. The fourth-order valence-corrected chi connectivity index (χ4v) is 5.50. The average molecular weight is 370 g/mol. The smallest absolute Gasteiger partial charge is 0.225 e. The van der Waals surface area contributed by atoms with E-state index < -0.39 is 0 Å². The summed E-state index contributed by atoms with van der Waals surface area (Å²) in [6.07, 6.45) is 5.93. The van der Waals surface area contributed by atoms with E-state index in [1.165, 1.54) is 6.42 Å². The van der Waals surface area contributed by atoms with Crippen LogP contribution in [0.5, 0.6) is 0 Å². The third kappa shape index (κ3) is 3.75. The molecule has 0 radical (unpaired) electrons. The van der Waals surface area contributed by atoms with E-state index in [0.717, 1.165) is 31.2 Å². The molecule has 3 aliphatic rings. The lowest BCUT2D eigenvalue weighted by atomic mass is 9.67. The van der Waals surface area contributed by atoms with Crippen molar-refractivity contribution in [3.05, 3.63) is 35.9 Å². The van der Waals surface area contributed by atoms with Crippen molar-refractivity contribution in [3.63, 3.8) is 0 Å². The van der Waals surface area contributed by atoms with E-state index in [-0.39, 0.29) is 35.9 Å². The third-order valence-corrected chi connectivity index (χ3v) is 6.96. The van der Waals surface area contributed by atoms with Crippen molar-refractivity contribution in [1.29, 1.82) is 0 Å². The van der Waals surface area contributed by atoms with Gasteiger partial charge in [0.05, 0.1) is 12.0 Å². The molecule has 4 rings (SSSR count). The van der Waals surface area contributed by atoms with Gasteiger partial charge in [-0.15, -0.1) is 0 Å². The number of nitrogens with zero attached hydrogens (tertiary/aromatic N) is 1. The summed E-state index contributed by atoms with van der Waals surface area (Å²) < 4.78 is 0. The van der Waals surface area contributed by atoms with Crippen molar-refractivity contribution < 1.29 is 9.59 Å². The molecule has 146 valence electrons. The SMILES string of the molecule is CC(c1ccccc1)N1CC(C(=O)NC2C3CCCC2CC(N)C3)CC1=O. The molecule has 2 bridgehead atoms. The lowest BCUT2D eigenvalue weighted by molar-refractivity contribution is -0.130. The molecule has 5 nitrogen and oxygen atoms in total. The molecule has 1 aliphatic heterocycles. The van der Waals surface area contributed by atoms with E-state index in [1.807, 2.05) is 42.2 Å². The number of amides is 2. The van der Waals surface area contributed by atoms with Crippen LogP contribution in [-0.4, -0.2) is 35.3 Å². The summed E-state index contributed by atoms with van der Waals surface area (Å²) in [7, 11) is 0. The molecule has 4 atom stereocenters. The van der Waals surface area contributed by atoms with Gasteiger partial charge < -0.3 is 16.0 Å². The van der Waals surface area contributed by atoms with Crippen LogP contribution in [0.25, 0.3) is 0 Å². The second kappa shape index (κ2) is 7.63. The van der Waals surface area contributed by atoms with E-state index in [0.29, 0.717) is 24.8 Å². The van der Waals surface area contributed by atoms with Gasteiger partial charge in [0.15, 0.2) is 0 Å². The van der Waals surface area contributed by atoms with Crippen LogP contribution in [0.2, 0.25) is 0 Å². The van der Waals surface area contributed by atoms with Gasteiger partial charge in [0.1, 0.15) is 0 Å². The molecule has 0 spiro atoms. The van der Waals surface area contributed by atoms with Gasteiger partial charge in [-0.25, -0.2) is 0 Å². The molecule has 3 fully saturated rings. The van der Waals surface area contributed by atoms with Crippen molar-refractivity contribution in [1.82, 2.24) is 10.2 Å². The normalized spacial score (nSPS) is 34.4. The predicted octanol–water partition coefficient (Wildman–Crippen LogP) is 2.62. The van der Waals surface area contributed by atoms with Crippen LogP contribution in [0.3, 0.4) is 0 Å². The minimum absolute atomic E-state index is 0.00330. The molecule has 1 aromatic carbocycles. The Morgan fingerprint density at radius 2 is 1.85 bits per heavy atom. The van der Waals surface area contributed by atoms with E-state index in [1.54, 1.807) is 0 Å². The lowest BCUT2D eigenvalue weighted by Crippen LogP contribution is -2.54. The number of carbonyl (C=O) groups excluding carboxylic acids is 2. The summed E-state index contributed by atoms with van der Waals surface area (Å²) in [5.41, 5.74) is 7.31. The number of rotatable bonds is 4. The molecule has 4 unspecified atom stereocenters. The highest BCUT2D eigenvalue weighted by molar-refractivity contribution is 5.89. The molecule has 1 saturated heterocycles. The molecule has 3 N–H and O–H groups in total. The van der Waals surface area contributed by atoms with Crippen LogP contribution in [0.15, 0.2) is 30.3 Å². The Labute approximate surface area is 161 Å². The average Bonchev–Trinajstić information content (AvgIpc) is 3.04. The van der Waals surface area contributed by atoms with Crippen LogP contribution >= 0.6 is 0 Å². The summed E-state index contributed by atoms with van der Waals surface area (Å²) in [5.74, 6) is 0.918. The summed E-state index contributed by atoms with van der Waals surface area (Å²) in [6, 6.07) is 10.6. The summed E-state index contributed by atoms with van der Waals surface area (Å²) in [4.78, 5) is 27.4. The van der Waals surface area contributed by atoms with Gasteiger partial charge >= 0.3 is 0 Å². The van der Waals surface area contributed by atoms with E-state index in [9.17, 15) is 9.59 Å². The molecular weight excluding hydrogens is 338 g/mol. The van der Waals surface area contributed by atoms with Crippen LogP contribution in [0.4, 0.5) is 0 Å². The lowest BCUT2D eigenvalue weighted by Gasteiger charge is -2.45. The van der Waals surface area contributed by atoms with Crippen LogP contribution < -0.4 is 11.1 Å². The fourth-order valence-electron chi connectivity index (χ4n) is 5.50. The molecule has 5 heteroatoms. The maximum absolute atomic E-state index is 13.0. The number of benzene rings is 1. The Hall–Kier alpha value is -1.88. The highest BCUT2D eigenvalue weighted by Crippen LogP contribution is 2.40. The monoisotopic (exact) mass is 369 g/mol. The minimum Gasteiger partial charge on any atom is -0.353 e. The maximum Gasteiger partial charge on any atom is 0.225 e. The second-order valence-electron chi connectivity index (χ2n) is 8.75. The second-order valence-corrected chi connectivity index (χ2v) is 8.75. The van der Waals surface area contributed by atoms with Gasteiger partial charge in [-0.2, -0.15) is 0 Å². The van der Waals surface area contributed by atoms with Gasteiger partial charge in [-0.3, -0.25) is 9.59 Å². The topological polar surface area (TPSA) is 75.4 Å². The number of fused-ring (bicyclic) bond motifs is 2. The molecule has 2 saturated carbocycles. The van der Waals surface area contributed by atoms with Gasteiger partial charge in [0.25, 0.3) is 0 Å². The van der Waals surface area contributed by atoms with Gasteiger partial charge in [-0.1, -0.05) is 36.8 Å². The van der Waals surface area contributed by atoms with Crippen molar-refractivity contribution in [2.45, 2.75) is 63.6 Å². The number of hydrogen-bond donors (Lipinski definition) is 2. The Balaban J connectivity index is 1.39. The van der Waals surface area contributed by atoms with E-state index in [4.69, 9.17) is 5.73 Å². The number of nitrogens with two attached hydrogens (primary N) is 1. The molecular formula is C22H31N3O2. The van der Waals surface area contributed by atoms with Gasteiger partial charge in [0.2, 0.25) is 11.8 Å². The molecule has 2 aliphatic carbocycles. The van der Waals surface area contributed by atoms with Crippen molar-refractivity contribution >= 4 is 11.8 Å². The summed E-state index contributed by atoms with van der Waals surface area (Å²) in [6.45, 7) is 2.56. The maximum atomic E-state index is 13.0. The van der Waals surface area contributed by atoms with Crippen molar-refractivity contribution in [2.24, 2.45) is 23.5 Å². The number of hydrogen-bond acceptors (Lipinski definition) is 3. The van der Waals surface area contributed by atoms with E-state index in [2.05, 4.69) is 5.32 Å². The predicted molar refractivity (Wildman–Crippen MR) is 105 cm³/mol. The Bertz CT molecular complexity index is 678. The molecule has 2 amide bonds. The molecule has 1 aromatic rings. The zero-order valence-corrected chi connectivity index (χ0v) is 16.1. The fraction of sp³-hybridized carbons (Fsp3) is 0.636. The first kappa shape index (κ1) is 18.5. The van der Waals surface area contributed by atoms with E-state index >= 15 is 0 Å². The Morgan fingerprint density at radius 3 is 2.52 bits per heavy atom.